The van der Waals surface area contributed by atoms with Gasteiger partial charge in [0.25, 0.3) is 5.91 Å². The van der Waals surface area contributed by atoms with Crippen molar-refractivity contribution in [2.45, 2.75) is 25.7 Å². The van der Waals surface area contributed by atoms with Gasteiger partial charge < -0.3 is 14.8 Å². The highest BCUT2D eigenvalue weighted by Crippen LogP contribution is 2.41. The molecule has 1 aromatic carbocycles. The predicted octanol–water partition coefficient (Wildman–Crippen LogP) is 4.13. The number of carbonyl (C=O) groups is 1. The molecular weight excluding hydrogens is 348 g/mol. The molecule has 0 spiro atoms. The minimum Gasteiger partial charge on any atom is -0.454 e. The van der Waals surface area contributed by atoms with Gasteiger partial charge in [0.15, 0.2) is 11.5 Å². The van der Waals surface area contributed by atoms with E-state index in [9.17, 15) is 10.1 Å². The summed E-state index contributed by atoms with van der Waals surface area (Å²) in [7, 11) is 0. The Hall–Kier alpha value is -2.23. The van der Waals surface area contributed by atoms with Crippen molar-refractivity contribution in [1.82, 2.24) is 0 Å². The molecule has 0 unspecified atom stereocenters. The molecule has 1 amide bonds. The van der Waals surface area contributed by atoms with E-state index in [-0.39, 0.29) is 12.7 Å². The number of aryl methyl sites for hydroxylation is 1. The maximum atomic E-state index is 12.6. The summed E-state index contributed by atoms with van der Waals surface area (Å²) in [5.41, 5.74) is 2.06. The van der Waals surface area contributed by atoms with Crippen LogP contribution in [0.3, 0.4) is 0 Å². The van der Waals surface area contributed by atoms with Crippen molar-refractivity contribution in [3.8, 4) is 17.6 Å². The highest BCUT2D eigenvalue weighted by Gasteiger charge is 2.24. The molecular formula is C17H13ClN2O3S. The van der Waals surface area contributed by atoms with Crippen molar-refractivity contribution >= 4 is 33.8 Å². The molecule has 2 heterocycles. The molecule has 4 rings (SSSR count). The Morgan fingerprint density at radius 1 is 1.29 bits per heavy atom. The van der Waals surface area contributed by atoms with Crippen molar-refractivity contribution in [3.63, 3.8) is 0 Å². The van der Waals surface area contributed by atoms with Crippen LogP contribution in [0.25, 0.3) is 0 Å². The van der Waals surface area contributed by atoms with Gasteiger partial charge in [-0.3, -0.25) is 4.79 Å². The van der Waals surface area contributed by atoms with Crippen molar-refractivity contribution in [1.29, 1.82) is 5.26 Å². The fourth-order valence-corrected chi connectivity index (χ4v) is 4.55. The van der Waals surface area contributed by atoms with Gasteiger partial charge in [-0.15, -0.1) is 11.3 Å². The largest absolute Gasteiger partial charge is 0.454 e. The highest BCUT2D eigenvalue weighted by atomic mass is 35.5. The van der Waals surface area contributed by atoms with Gasteiger partial charge in [-0.05, 0) is 43.4 Å². The molecule has 5 nitrogen and oxygen atoms in total. The number of hydrogen-bond donors (Lipinski definition) is 1. The first-order chi connectivity index (χ1) is 11.7. The van der Waals surface area contributed by atoms with E-state index >= 15 is 0 Å². The summed E-state index contributed by atoms with van der Waals surface area (Å²) in [5, 5.41) is 13.3. The molecule has 0 fully saturated rings. The van der Waals surface area contributed by atoms with Crippen LogP contribution in [-0.4, -0.2) is 12.7 Å². The first kappa shape index (κ1) is 15.3. The van der Waals surface area contributed by atoms with E-state index in [1.54, 1.807) is 12.1 Å². The van der Waals surface area contributed by atoms with E-state index in [1.807, 2.05) is 0 Å². The zero-order chi connectivity index (χ0) is 16.7. The van der Waals surface area contributed by atoms with E-state index in [4.69, 9.17) is 21.1 Å². The maximum Gasteiger partial charge on any atom is 0.256 e. The molecule has 2 aromatic rings. The number of amides is 1. The van der Waals surface area contributed by atoms with E-state index in [0.29, 0.717) is 32.6 Å². The van der Waals surface area contributed by atoms with Crippen molar-refractivity contribution in [2.24, 2.45) is 0 Å². The number of benzene rings is 1. The van der Waals surface area contributed by atoms with Crippen molar-refractivity contribution < 1.29 is 14.3 Å². The second-order valence-electron chi connectivity index (χ2n) is 5.67. The standard InChI is InChI=1S/C17H13ClN2O3S/c18-12-5-9(6-13-15(12)23-8-22-13)16(21)20-17-11(7-19)10-3-1-2-4-14(10)24-17/h5-6H,1-4,8H2,(H,20,21). The summed E-state index contributed by atoms with van der Waals surface area (Å²) in [5.74, 6) is 0.599. The van der Waals surface area contributed by atoms with Gasteiger partial charge in [-0.1, -0.05) is 11.6 Å². The van der Waals surface area contributed by atoms with Gasteiger partial charge in [-0.25, -0.2) is 0 Å². The summed E-state index contributed by atoms with van der Waals surface area (Å²) in [6.45, 7) is 0.0936. The van der Waals surface area contributed by atoms with Gasteiger partial charge in [0.05, 0.1) is 10.6 Å². The Kier molecular flexibility index (Phi) is 3.83. The lowest BCUT2D eigenvalue weighted by molar-refractivity contribution is 0.102. The molecule has 0 radical (unpaired) electrons. The second kappa shape index (κ2) is 6.00. The maximum absolute atomic E-state index is 12.6. The van der Waals surface area contributed by atoms with Crippen LogP contribution in [0.2, 0.25) is 5.02 Å². The molecule has 1 aliphatic heterocycles. The zero-order valence-corrected chi connectivity index (χ0v) is 14.2. The second-order valence-corrected chi connectivity index (χ2v) is 7.19. The minimum atomic E-state index is -0.315. The molecule has 1 N–H and O–H groups in total. The number of nitrogens with zero attached hydrogens (tertiary/aromatic N) is 1. The Bertz CT molecular complexity index is 885. The van der Waals surface area contributed by atoms with Gasteiger partial charge in [-0.2, -0.15) is 5.26 Å². The third-order valence-corrected chi connectivity index (χ3v) is 5.69. The summed E-state index contributed by atoms with van der Waals surface area (Å²) in [6.07, 6.45) is 4.09. The van der Waals surface area contributed by atoms with E-state index in [1.165, 1.54) is 16.2 Å². The topological polar surface area (TPSA) is 71.4 Å². The third kappa shape index (κ3) is 2.50. The Balaban J connectivity index is 1.65. The summed E-state index contributed by atoms with van der Waals surface area (Å²) in [4.78, 5) is 13.8. The van der Waals surface area contributed by atoms with Crippen LogP contribution >= 0.6 is 22.9 Å². The molecule has 2 aliphatic rings. The number of halogens is 1. The number of ether oxygens (including phenoxy) is 2. The first-order valence-corrected chi connectivity index (χ1v) is 8.82. The average Bonchev–Trinajstić information content (AvgIpc) is 3.18. The lowest BCUT2D eigenvalue weighted by Gasteiger charge is -2.09. The number of thiophene rings is 1. The van der Waals surface area contributed by atoms with Gasteiger partial charge in [0.2, 0.25) is 6.79 Å². The number of carbonyl (C=O) groups excluding carboxylic acids is 1. The third-order valence-electron chi connectivity index (χ3n) is 4.20. The van der Waals surface area contributed by atoms with E-state index < -0.39 is 0 Å². The molecule has 0 saturated carbocycles. The van der Waals surface area contributed by atoms with Crippen LogP contribution in [0.4, 0.5) is 5.00 Å². The molecule has 1 aromatic heterocycles. The van der Waals surface area contributed by atoms with Gasteiger partial charge in [0.1, 0.15) is 11.1 Å². The molecule has 122 valence electrons. The van der Waals surface area contributed by atoms with Gasteiger partial charge in [0, 0.05) is 10.4 Å². The number of nitrogens with one attached hydrogen (secondary N) is 1. The molecule has 1 aliphatic carbocycles. The summed E-state index contributed by atoms with van der Waals surface area (Å²) < 4.78 is 10.5. The smallest absolute Gasteiger partial charge is 0.256 e. The van der Waals surface area contributed by atoms with Crippen LogP contribution in [-0.2, 0) is 12.8 Å². The fraction of sp³-hybridized carbons (Fsp3) is 0.294. The number of rotatable bonds is 2. The number of nitriles is 1. The highest BCUT2D eigenvalue weighted by molar-refractivity contribution is 7.16. The van der Waals surface area contributed by atoms with Crippen molar-refractivity contribution in [3.05, 3.63) is 38.7 Å². The van der Waals surface area contributed by atoms with Crippen LogP contribution < -0.4 is 14.8 Å². The van der Waals surface area contributed by atoms with Crippen LogP contribution in [0.15, 0.2) is 12.1 Å². The summed E-state index contributed by atoms with van der Waals surface area (Å²) in [6, 6.07) is 5.38. The monoisotopic (exact) mass is 360 g/mol. The van der Waals surface area contributed by atoms with Crippen LogP contribution in [0.5, 0.6) is 11.5 Å². The lowest BCUT2D eigenvalue weighted by Crippen LogP contribution is -2.12. The molecule has 7 heteroatoms. The SMILES string of the molecule is N#Cc1c(NC(=O)c2cc(Cl)c3c(c2)OCO3)sc2c1CCCC2. The number of fused-ring (bicyclic) bond motifs is 2. The quantitative estimate of drug-likeness (QED) is 0.873. The van der Waals surface area contributed by atoms with Crippen molar-refractivity contribution in [2.75, 3.05) is 12.1 Å². The van der Waals surface area contributed by atoms with E-state index in [2.05, 4.69) is 11.4 Å². The lowest BCUT2D eigenvalue weighted by atomic mass is 9.96. The minimum absolute atomic E-state index is 0.0936. The number of anilines is 1. The van der Waals surface area contributed by atoms with E-state index in [0.717, 1.165) is 31.2 Å². The predicted molar refractivity (Wildman–Crippen MR) is 91.2 cm³/mol. The zero-order valence-electron chi connectivity index (χ0n) is 12.6. The Morgan fingerprint density at radius 3 is 2.96 bits per heavy atom. The summed E-state index contributed by atoms with van der Waals surface area (Å²) >= 11 is 7.62. The Labute approximate surface area is 147 Å². The molecule has 0 atom stereocenters. The molecule has 0 bridgehead atoms. The molecule has 0 saturated heterocycles. The average molecular weight is 361 g/mol. The fourth-order valence-electron chi connectivity index (χ4n) is 3.05. The normalized spacial score (nSPS) is 14.8. The van der Waals surface area contributed by atoms with Crippen LogP contribution in [0.1, 0.15) is 39.2 Å². The number of hydrogen-bond acceptors (Lipinski definition) is 5. The molecule has 24 heavy (non-hydrogen) atoms. The van der Waals surface area contributed by atoms with Gasteiger partial charge >= 0.3 is 0 Å². The van der Waals surface area contributed by atoms with Crippen LogP contribution in [0, 0.1) is 11.3 Å². The first-order valence-electron chi connectivity index (χ1n) is 7.62. The Morgan fingerprint density at radius 2 is 2.12 bits per heavy atom.